The molecule has 0 saturated heterocycles. The Hall–Kier alpha value is -1.58. The first-order valence-electron chi connectivity index (χ1n) is 5.57. The van der Waals surface area contributed by atoms with Crippen LogP contribution in [0.25, 0.3) is 0 Å². The van der Waals surface area contributed by atoms with Crippen LogP contribution in [-0.4, -0.2) is 6.54 Å². The van der Waals surface area contributed by atoms with Gasteiger partial charge >= 0.3 is 0 Å². The zero-order valence-corrected chi connectivity index (χ0v) is 10.4. The van der Waals surface area contributed by atoms with Gasteiger partial charge in [-0.05, 0) is 35.9 Å². The second-order valence-corrected chi connectivity index (χ2v) is 4.29. The highest BCUT2D eigenvalue weighted by Crippen LogP contribution is 2.24. The molecule has 2 aromatic rings. The number of rotatable bonds is 4. The van der Waals surface area contributed by atoms with Crippen LogP contribution in [0.1, 0.15) is 11.7 Å². The van der Waals surface area contributed by atoms with E-state index in [1.807, 2.05) is 0 Å². The van der Waals surface area contributed by atoms with Crippen molar-refractivity contribution in [3.63, 3.8) is 0 Å². The summed E-state index contributed by atoms with van der Waals surface area (Å²) in [5.41, 5.74) is 6.37. The Kier molecular flexibility index (Phi) is 4.18. The van der Waals surface area contributed by atoms with Gasteiger partial charge in [0.25, 0.3) is 0 Å². The highest BCUT2D eigenvalue weighted by atomic mass is 35.5. The molecule has 0 aromatic heterocycles. The molecular formula is C14H13ClFNO. The first-order valence-corrected chi connectivity index (χ1v) is 5.94. The van der Waals surface area contributed by atoms with E-state index in [1.165, 1.54) is 12.1 Å². The van der Waals surface area contributed by atoms with E-state index in [0.29, 0.717) is 16.3 Å². The molecule has 0 aliphatic carbocycles. The number of hydrogen-bond acceptors (Lipinski definition) is 2. The number of benzene rings is 2. The zero-order valence-electron chi connectivity index (χ0n) is 9.64. The normalized spacial score (nSPS) is 12.2. The van der Waals surface area contributed by atoms with Gasteiger partial charge in [0.2, 0.25) is 0 Å². The molecule has 0 aliphatic heterocycles. The Balaban J connectivity index is 2.19. The van der Waals surface area contributed by atoms with E-state index in [0.717, 1.165) is 0 Å². The van der Waals surface area contributed by atoms with E-state index < -0.39 is 0 Å². The van der Waals surface area contributed by atoms with Crippen molar-refractivity contribution >= 4 is 11.6 Å². The third kappa shape index (κ3) is 3.22. The third-order valence-electron chi connectivity index (χ3n) is 2.51. The minimum Gasteiger partial charge on any atom is -0.484 e. The maximum Gasteiger partial charge on any atom is 0.136 e. The molecule has 0 amide bonds. The van der Waals surface area contributed by atoms with Gasteiger partial charge < -0.3 is 10.5 Å². The lowest BCUT2D eigenvalue weighted by atomic mass is 10.1. The minimum atomic E-state index is -0.390. The second kappa shape index (κ2) is 5.85. The average Bonchev–Trinajstić information content (AvgIpc) is 2.36. The molecule has 1 unspecified atom stereocenters. The van der Waals surface area contributed by atoms with E-state index in [4.69, 9.17) is 22.1 Å². The lowest BCUT2D eigenvalue weighted by molar-refractivity contribution is 0.214. The van der Waals surface area contributed by atoms with Crippen LogP contribution in [0.4, 0.5) is 4.39 Å². The van der Waals surface area contributed by atoms with E-state index in [1.54, 1.807) is 36.4 Å². The van der Waals surface area contributed by atoms with Crippen LogP contribution < -0.4 is 10.5 Å². The number of halogens is 2. The van der Waals surface area contributed by atoms with E-state index in [2.05, 4.69) is 0 Å². The highest BCUT2D eigenvalue weighted by molar-refractivity contribution is 6.30. The Labute approximate surface area is 110 Å². The minimum absolute atomic E-state index is 0.260. The molecule has 2 rings (SSSR count). The van der Waals surface area contributed by atoms with Gasteiger partial charge in [-0.3, -0.25) is 0 Å². The average molecular weight is 266 g/mol. The molecule has 0 saturated carbocycles. The van der Waals surface area contributed by atoms with Crippen molar-refractivity contribution in [2.24, 2.45) is 5.73 Å². The standard InChI is InChI=1S/C14H13ClFNO/c15-11-4-2-6-13(8-11)18-14(9-17)10-3-1-5-12(16)7-10/h1-8,14H,9,17H2. The molecule has 0 bridgehead atoms. The summed E-state index contributed by atoms with van der Waals surface area (Å²) in [7, 11) is 0. The van der Waals surface area contributed by atoms with Crippen molar-refractivity contribution in [1.82, 2.24) is 0 Å². The van der Waals surface area contributed by atoms with Gasteiger partial charge in [-0.15, -0.1) is 0 Å². The van der Waals surface area contributed by atoms with E-state index in [-0.39, 0.29) is 18.5 Å². The summed E-state index contributed by atoms with van der Waals surface area (Å²) in [5, 5.41) is 0.586. The Morgan fingerprint density at radius 3 is 2.61 bits per heavy atom. The van der Waals surface area contributed by atoms with Gasteiger partial charge in [-0.2, -0.15) is 0 Å². The number of ether oxygens (including phenoxy) is 1. The topological polar surface area (TPSA) is 35.2 Å². The van der Waals surface area contributed by atoms with Crippen molar-refractivity contribution in [2.45, 2.75) is 6.10 Å². The molecule has 0 spiro atoms. The monoisotopic (exact) mass is 265 g/mol. The van der Waals surface area contributed by atoms with Gasteiger partial charge in [0, 0.05) is 11.6 Å². The summed E-state index contributed by atoms with van der Waals surface area (Å²) in [6.07, 6.45) is -0.390. The van der Waals surface area contributed by atoms with E-state index in [9.17, 15) is 4.39 Å². The molecule has 4 heteroatoms. The lowest BCUT2D eigenvalue weighted by Crippen LogP contribution is -2.18. The lowest BCUT2D eigenvalue weighted by Gasteiger charge is -2.18. The van der Waals surface area contributed by atoms with Crippen LogP contribution in [0.5, 0.6) is 5.75 Å². The number of hydrogen-bond donors (Lipinski definition) is 1. The summed E-state index contributed by atoms with van der Waals surface area (Å²) in [4.78, 5) is 0. The summed E-state index contributed by atoms with van der Waals surface area (Å²) in [6, 6.07) is 13.3. The van der Waals surface area contributed by atoms with Crippen molar-refractivity contribution in [3.05, 3.63) is 64.9 Å². The maximum absolute atomic E-state index is 13.1. The van der Waals surface area contributed by atoms with Gasteiger partial charge in [0.15, 0.2) is 0 Å². The molecular weight excluding hydrogens is 253 g/mol. The van der Waals surface area contributed by atoms with Gasteiger partial charge in [-0.25, -0.2) is 4.39 Å². The fraction of sp³-hybridized carbons (Fsp3) is 0.143. The Morgan fingerprint density at radius 1 is 1.17 bits per heavy atom. The smallest absolute Gasteiger partial charge is 0.136 e. The summed E-state index contributed by atoms with van der Waals surface area (Å²) in [6.45, 7) is 0.260. The summed E-state index contributed by atoms with van der Waals surface area (Å²) in [5.74, 6) is 0.308. The van der Waals surface area contributed by atoms with Crippen LogP contribution in [-0.2, 0) is 0 Å². The summed E-state index contributed by atoms with van der Waals surface area (Å²) < 4.78 is 18.9. The molecule has 0 radical (unpaired) electrons. The molecule has 0 aliphatic rings. The van der Waals surface area contributed by atoms with Gasteiger partial charge in [0.1, 0.15) is 17.7 Å². The second-order valence-electron chi connectivity index (χ2n) is 3.85. The van der Waals surface area contributed by atoms with Crippen LogP contribution in [0, 0.1) is 5.82 Å². The predicted molar refractivity (Wildman–Crippen MR) is 70.3 cm³/mol. The first kappa shape index (κ1) is 12.9. The fourth-order valence-electron chi connectivity index (χ4n) is 1.66. The highest BCUT2D eigenvalue weighted by Gasteiger charge is 2.12. The molecule has 2 aromatic carbocycles. The predicted octanol–water partition coefficient (Wildman–Crippen LogP) is 3.56. The molecule has 94 valence electrons. The zero-order chi connectivity index (χ0) is 13.0. The van der Waals surface area contributed by atoms with Crippen LogP contribution in [0.3, 0.4) is 0 Å². The molecule has 0 fully saturated rings. The third-order valence-corrected chi connectivity index (χ3v) is 2.74. The van der Waals surface area contributed by atoms with Crippen LogP contribution in [0.15, 0.2) is 48.5 Å². The first-order chi connectivity index (χ1) is 8.69. The largest absolute Gasteiger partial charge is 0.484 e. The molecule has 0 heterocycles. The maximum atomic E-state index is 13.1. The summed E-state index contributed by atoms with van der Waals surface area (Å²) >= 11 is 5.87. The van der Waals surface area contributed by atoms with Crippen molar-refractivity contribution in [1.29, 1.82) is 0 Å². The molecule has 2 N–H and O–H groups in total. The van der Waals surface area contributed by atoms with Crippen molar-refractivity contribution in [3.8, 4) is 5.75 Å². The SMILES string of the molecule is NCC(Oc1cccc(Cl)c1)c1cccc(F)c1. The molecule has 2 nitrogen and oxygen atoms in total. The van der Waals surface area contributed by atoms with Crippen molar-refractivity contribution in [2.75, 3.05) is 6.54 Å². The number of nitrogens with two attached hydrogens (primary N) is 1. The Bertz CT molecular complexity index is 533. The van der Waals surface area contributed by atoms with E-state index >= 15 is 0 Å². The van der Waals surface area contributed by atoms with Crippen LogP contribution >= 0.6 is 11.6 Å². The molecule has 18 heavy (non-hydrogen) atoms. The van der Waals surface area contributed by atoms with Crippen molar-refractivity contribution < 1.29 is 9.13 Å². The Morgan fingerprint density at radius 2 is 1.94 bits per heavy atom. The quantitative estimate of drug-likeness (QED) is 0.917. The van der Waals surface area contributed by atoms with Gasteiger partial charge in [0.05, 0.1) is 0 Å². The van der Waals surface area contributed by atoms with Crippen LogP contribution in [0.2, 0.25) is 5.02 Å². The molecule has 1 atom stereocenters. The van der Waals surface area contributed by atoms with Gasteiger partial charge in [-0.1, -0.05) is 29.8 Å². The fourth-order valence-corrected chi connectivity index (χ4v) is 1.84.